The van der Waals surface area contributed by atoms with Crippen molar-refractivity contribution in [1.82, 2.24) is 19.7 Å². The van der Waals surface area contributed by atoms with Crippen LogP contribution in [0, 0.1) is 4.77 Å². The molecule has 0 unspecified atom stereocenters. The summed E-state index contributed by atoms with van der Waals surface area (Å²) < 4.78 is 38.1. The summed E-state index contributed by atoms with van der Waals surface area (Å²) >= 11 is 4.91. The fourth-order valence-electron chi connectivity index (χ4n) is 1.45. The summed E-state index contributed by atoms with van der Waals surface area (Å²) in [5.74, 6) is 0.310. The number of hydrogen-bond acceptors (Lipinski definition) is 3. The van der Waals surface area contributed by atoms with Gasteiger partial charge in [0.1, 0.15) is 5.69 Å². The van der Waals surface area contributed by atoms with E-state index < -0.39 is 12.6 Å². The minimum Gasteiger partial charge on any atom is -0.299 e. The molecular weight excluding hydrogens is 265 g/mol. The van der Waals surface area contributed by atoms with Gasteiger partial charge in [0, 0.05) is 12.7 Å². The fourth-order valence-corrected chi connectivity index (χ4v) is 1.68. The monoisotopic (exact) mass is 274 g/mol. The molecule has 0 atom stereocenters. The SMILES string of the molecule is FC(F)(F)CCn1c(-c2ccccn2)n[nH]c1=S. The van der Waals surface area contributed by atoms with Crippen molar-refractivity contribution in [2.24, 2.45) is 0 Å². The van der Waals surface area contributed by atoms with Crippen molar-refractivity contribution >= 4 is 12.2 Å². The number of nitrogens with zero attached hydrogens (tertiary/aromatic N) is 3. The summed E-state index contributed by atoms with van der Waals surface area (Å²) in [6, 6.07) is 5.11. The first kappa shape index (κ1) is 12.7. The van der Waals surface area contributed by atoms with E-state index in [0.29, 0.717) is 11.5 Å². The largest absolute Gasteiger partial charge is 0.390 e. The Balaban J connectivity index is 2.31. The Hall–Kier alpha value is -1.70. The highest BCUT2D eigenvalue weighted by Gasteiger charge is 2.27. The number of pyridine rings is 1. The number of halogens is 3. The third-order valence-corrected chi connectivity index (χ3v) is 2.58. The molecule has 0 aliphatic carbocycles. The van der Waals surface area contributed by atoms with Gasteiger partial charge in [-0.05, 0) is 24.4 Å². The molecule has 96 valence electrons. The van der Waals surface area contributed by atoms with Crippen LogP contribution in [0.3, 0.4) is 0 Å². The molecule has 0 aliphatic heterocycles. The molecule has 2 aromatic rings. The summed E-state index contributed by atoms with van der Waals surface area (Å²) in [4.78, 5) is 4.04. The highest BCUT2D eigenvalue weighted by Crippen LogP contribution is 2.22. The topological polar surface area (TPSA) is 46.5 Å². The molecule has 0 aromatic carbocycles. The molecule has 0 fully saturated rings. The summed E-state index contributed by atoms with van der Waals surface area (Å²) in [5, 5.41) is 6.38. The maximum atomic E-state index is 12.2. The van der Waals surface area contributed by atoms with Crippen LogP contribution >= 0.6 is 12.2 Å². The Kier molecular flexibility index (Phi) is 3.46. The molecule has 8 heteroatoms. The second kappa shape index (κ2) is 4.89. The zero-order valence-corrected chi connectivity index (χ0v) is 9.92. The van der Waals surface area contributed by atoms with Crippen LogP contribution in [0.5, 0.6) is 0 Å². The van der Waals surface area contributed by atoms with Crippen molar-refractivity contribution in [3.05, 3.63) is 29.2 Å². The first-order chi connectivity index (χ1) is 8.47. The highest BCUT2D eigenvalue weighted by molar-refractivity contribution is 7.71. The summed E-state index contributed by atoms with van der Waals surface area (Å²) in [6.07, 6.45) is -3.64. The minimum atomic E-state index is -4.23. The lowest BCUT2D eigenvalue weighted by molar-refractivity contribution is -0.136. The summed E-state index contributed by atoms with van der Waals surface area (Å²) in [7, 11) is 0. The number of rotatable bonds is 3. The van der Waals surface area contributed by atoms with Crippen molar-refractivity contribution in [1.29, 1.82) is 0 Å². The second-order valence-corrected chi connectivity index (χ2v) is 3.97. The van der Waals surface area contributed by atoms with Crippen LogP contribution < -0.4 is 0 Å². The van der Waals surface area contributed by atoms with E-state index in [-0.39, 0.29) is 11.3 Å². The van der Waals surface area contributed by atoms with Crippen molar-refractivity contribution < 1.29 is 13.2 Å². The van der Waals surface area contributed by atoms with Crippen LogP contribution in [0.25, 0.3) is 11.5 Å². The van der Waals surface area contributed by atoms with Crippen LogP contribution in [0.15, 0.2) is 24.4 Å². The molecule has 1 N–H and O–H groups in total. The molecule has 2 heterocycles. The Morgan fingerprint density at radius 1 is 1.33 bits per heavy atom. The van der Waals surface area contributed by atoms with Gasteiger partial charge in [-0.25, -0.2) is 0 Å². The molecule has 0 amide bonds. The van der Waals surface area contributed by atoms with Crippen LogP contribution in [-0.4, -0.2) is 25.9 Å². The molecule has 0 spiro atoms. The lowest BCUT2D eigenvalue weighted by Crippen LogP contribution is -2.13. The number of alkyl halides is 3. The maximum absolute atomic E-state index is 12.2. The molecule has 0 saturated heterocycles. The summed E-state index contributed by atoms with van der Waals surface area (Å²) in [6.45, 7) is -0.273. The van der Waals surface area contributed by atoms with Gasteiger partial charge < -0.3 is 0 Å². The Morgan fingerprint density at radius 3 is 2.72 bits per heavy atom. The molecule has 18 heavy (non-hydrogen) atoms. The van der Waals surface area contributed by atoms with E-state index in [9.17, 15) is 13.2 Å². The molecule has 4 nitrogen and oxygen atoms in total. The number of aromatic amines is 1. The Morgan fingerprint density at radius 2 is 2.11 bits per heavy atom. The molecule has 0 radical (unpaired) electrons. The lowest BCUT2D eigenvalue weighted by atomic mass is 10.3. The molecule has 0 bridgehead atoms. The van der Waals surface area contributed by atoms with E-state index in [1.807, 2.05) is 0 Å². The lowest BCUT2D eigenvalue weighted by Gasteiger charge is -2.08. The van der Waals surface area contributed by atoms with Crippen LogP contribution in [0.1, 0.15) is 6.42 Å². The third-order valence-electron chi connectivity index (χ3n) is 2.27. The molecule has 0 aliphatic rings. The Labute approximate surface area is 105 Å². The van der Waals surface area contributed by atoms with E-state index in [2.05, 4.69) is 15.2 Å². The molecule has 2 aromatic heterocycles. The van der Waals surface area contributed by atoms with E-state index in [1.54, 1.807) is 24.4 Å². The normalized spacial score (nSPS) is 11.7. The summed E-state index contributed by atoms with van der Waals surface area (Å²) in [5.41, 5.74) is 0.479. The average molecular weight is 274 g/mol. The van der Waals surface area contributed by atoms with E-state index in [1.165, 1.54) is 4.57 Å². The quantitative estimate of drug-likeness (QED) is 0.875. The predicted molar refractivity (Wildman–Crippen MR) is 61.3 cm³/mol. The van der Waals surface area contributed by atoms with Gasteiger partial charge in [0.15, 0.2) is 10.6 Å². The molecular formula is C10H9F3N4S. The number of H-pyrrole nitrogens is 1. The zero-order valence-electron chi connectivity index (χ0n) is 9.11. The van der Waals surface area contributed by atoms with Gasteiger partial charge >= 0.3 is 6.18 Å². The molecule has 0 saturated carbocycles. The van der Waals surface area contributed by atoms with Gasteiger partial charge in [-0.1, -0.05) is 6.07 Å². The van der Waals surface area contributed by atoms with Gasteiger partial charge in [0.2, 0.25) is 0 Å². The Bertz CT molecular complexity index is 573. The van der Waals surface area contributed by atoms with Gasteiger partial charge in [-0.2, -0.15) is 18.3 Å². The first-order valence-electron chi connectivity index (χ1n) is 5.11. The zero-order chi connectivity index (χ0) is 13.2. The fraction of sp³-hybridized carbons (Fsp3) is 0.300. The van der Waals surface area contributed by atoms with Crippen LogP contribution in [0.2, 0.25) is 0 Å². The average Bonchev–Trinajstić information content (AvgIpc) is 2.68. The van der Waals surface area contributed by atoms with Gasteiger partial charge in [0.05, 0.1) is 6.42 Å². The second-order valence-electron chi connectivity index (χ2n) is 3.58. The maximum Gasteiger partial charge on any atom is 0.390 e. The van der Waals surface area contributed by atoms with Gasteiger partial charge in [0.25, 0.3) is 0 Å². The van der Waals surface area contributed by atoms with Crippen molar-refractivity contribution in [3.8, 4) is 11.5 Å². The van der Waals surface area contributed by atoms with Crippen molar-refractivity contribution in [3.63, 3.8) is 0 Å². The van der Waals surface area contributed by atoms with Crippen LogP contribution in [0.4, 0.5) is 13.2 Å². The van der Waals surface area contributed by atoms with E-state index >= 15 is 0 Å². The number of aromatic nitrogens is 4. The van der Waals surface area contributed by atoms with Gasteiger partial charge in [-0.15, -0.1) is 0 Å². The highest BCUT2D eigenvalue weighted by atomic mass is 32.1. The van der Waals surface area contributed by atoms with E-state index in [4.69, 9.17) is 12.2 Å². The third kappa shape index (κ3) is 2.95. The first-order valence-corrected chi connectivity index (χ1v) is 5.51. The predicted octanol–water partition coefficient (Wildman–Crippen LogP) is 2.96. The smallest absolute Gasteiger partial charge is 0.299 e. The van der Waals surface area contributed by atoms with Crippen LogP contribution in [-0.2, 0) is 6.54 Å². The molecule has 2 rings (SSSR count). The van der Waals surface area contributed by atoms with Crippen molar-refractivity contribution in [2.45, 2.75) is 19.1 Å². The number of hydrogen-bond donors (Lipinski definition) is 1. The van der Waals surface area contributed by atoms with E-state index in [0.717, 1.165) is 0 Å². The van der Waals surface area contributed by atoms with Crippen molar-refractivity contribution in [2.75, 3.05) is 0 Å². The van der Waals surface area contributed by atoms with Gasteiger partial charge in [-0.3, -0.25) is 14.6 Å². The number of nitrogens with one attached hydrogen (secondary N) is 1. The standard InChI is InChI=1S/C10H9F3N4S/c11-10(12,13)4-6-17-8(15-16-9(17)18)7-3-1-2-5-14-7/h1-3,5H,4,6H2,(H,16,18). The minimum absolute atomic E-state index is 0.153.